The summed E-state index contributed by atoms with van der Waals surface area (Å²) in [6.45, 7) is 1.44. The Labute approximate surface area is 163 Å². The minimum Gasteiger partial charge on any atom is -0.379 e. The van der Waals surface area contributed by atoms with E-state index in [0.29, 0.717) is 31.9 Å². The number of likely N-dealkylation sites (N-methyl/N-ethyl adjacent to an activating group) is 1. The number of benzene rings is 2. The van der Waals surface area contributed by atoms with Crippen molar-refractivity contribution in [1.29, 1.82) is 0 Å². The van der Waals surface area contributed by atoms with Gasteiger partial charge in [-0.15, -0.1) is 0 Å². The molecule has 2 aromatic rings. The van der Waals surface area contributed by atoms with Crippen LogP contribution in [0.1, 0.15) is 5.56 Å². The van der Waals surface area contributed by atoms with Crippen LogP contribution in [-0.2, 0) is 19.6 Å². The van der Waals surface area contributed by atoms with Crippen molar-refractivity contribution in [1.82, 2.24) is 4.31 Å². The van der Waals surface area contributed by atoms with Gasteiger partial charge >= 0.3 is 0 Å². The molecule has 2 aromatic carbocycles. The van der Waals surface area contributed by atoms with Gasteiger partial charge in [-0.3, -0.25) is 4.79 Å². The number of hydrogen-bond acceptors (Lipinski definition) is 4. The smallest absolute Gasteiger partial charge is 0.250 e. The maximum atomic E-state index is 13.8. The molecule has 148 valence electrons. The largest absolute Gasteiger partial charge is 0.379 e. The number of hydrogen-bond donors (Lipinski definition) is 0. The van der Waals surface area contributed by atoms with Crippen molar-refractivity contribution in [3.63, 3.8) is 0 Å². The molecule has 1 aliphatic heterocycles. The lowest BCUT2D eigenvalue weighted by Gasteiger charge is -2.26. The van der Waals surface area contributed by atoms with Crippen molar-refractivity contribution in [3.05, 3.63) is 66.0 Å². The number of para-hydroxylation sites is 1. The standard InChI is InChI=1S/C20H21FN2O4S/c1-22(19-5-3-2-4-18(19)21)20(24)11-8-16-6-9-17(10-7-16)28(25,26)23-12-14-27-15-13-23/h2-11H,12-15H2,1H3/b11-8+. The molecule has 0 unspecified atom stereocenters. The average molecular weight is 404 g/mol. The SMILES string of the molecule is CN(C(=O)/C=C/c1ccc(S(=O)(=O)N2CCOCC2)cc1)c1ccccc1F. The first-order valence-electron chi connectivity index (χ1n) is 8.78. The molecular formula is C20H21FN2O4S. The van der Waals surface area contributed by atoms with E-state index in [1.165, 1.54) is 46.6 Å². The van der Waals surface area contributed by atoms with Crippen LogP contribution in [0.4, 0.5) is 10.1 Å². The van der Waals surface area contributed by atoms with Crippen LogP contribution >= 0.6 is 0 Å². The first-order valence-corrected chi connectivity index (χ1v) is 10.2. The van der Waals surface area contributed by atoms with Crippen molar-refractivity contribution >= 4 is 27.7 Å². The molecule has 0 radical (unpaired) electrons. The number of rotatable bonds is 5. The van der Waals surface area contributed by atoms with Gasteiger partial charge < -0.3 is 9.64 Å². The van der Waals surface area contributed by atoms with Crippen LogP contribution < -0.4 is 4.90 Å². The van der Waals surface area contributed by atoms with Crippen LogP contribution in [-0.4, -0.2) is 52.0 Å². The topological polar surface area (TPSA) is 66.9 Å². The lowest BCUT2D eigenvalue weighted by molar-refractivity contribution is -0.113. The first-order chi connectivity index (χ1) is 13.4. The summed E-state index contributed by atoms with van der Waals surface area (Å²) < 4.78 is 45.6. The van der Waals surface area contributed by atoms with Crippen molar-refractivity contribution < 1.29 is 22.3 Å². The molecule has 0 aliphatic carbocycles. The second-order valence-corrected chi connectivity index (χ2v) is 8.21. The summed E-state index contributed by atoms with van der Waals surface area (Å²) in [4.78, 5) is 13.7. The van der Waals surface area contributed by atoms with Gasteiger partial charge in [0.25, 0.3) is 5.91 Å². The molecule has 28 heavy (non-hydrogen) atoms. The normalized spacial score (nSPS) is 15.6. The van der Waals surface area contributed by atoms with E-state index in [-0.39, 0.29) is 10.6 Å². The summed E-state index contributed by atoms with van der Waals surface area (Å²) in [6, 6.07) is 12.3. The summed E-state index contributed by atoms with van der Waals surface area (Å²) >= 11 is 0. The maximum Gasteiger partial charge on any atom is 0.250 e. The van der Waals surface area contributed by atoms with Crippen molar-refractivity contribution in [2.45, 2.75) is 4.90 Å². The van der Waals surface area contributed by atoms with Gasteiger partial charge in [-0.25, -0.2) is 12.8 Å². The fourth-order valence-electron chi connectivity index (χ4n) is 2.81. The van der Waals surface area contributed by atoms with E-state index in [2.05, 4.69) is 0 Å². The van der Waals surface area contributed by atoms with Gasteiger partial charge in [0, 0.05) is 26.2 Å². The van der Waals surface area contributed by atoms with Crippen molar-refractivity contribution in [2.75, 3.05) is 38.3 Å². The van der Waals surface area contributed by atoms with Crippen LogP contribution in [0.3, 0.4) is 0 Å². The molecule has 0 spiro atoms. The quantitative estimate of drug-likeness (QED) is 0.719. The highest BCUT2D eigenvalue weighted by atomic mass is 32.2. The van der Waals surface area contributed by atoms with Gasteiger partial charge in [-0.2, -0.15) is 4.31 Å². The third-order valence-corrected chi connectivity index (χ3v) is 6.36. The molecule has 3 rings (SSSR count). The molecule has 1 heterocycles. The van der Waals surface area contributed by atoms with Gasteiger partial charge in [-0.1, -0.05) is 24.3 Å². The Morgan fingerprint density at radius 1 is 1.11 bits per heavy atom. The van der Waals surface area contributed by atoms with Crippen LogP contribution in [0.5, 0.6) is 0 Å². The average Bonchev–Trinajstić information content (AvgIpc) is 2.73. The Morgan fingerprint density at radius 2 is 1.75 bits per heavy atom. The van der Waals surface area contributed by atoms with Crippen LogP contribution in [0, 0.1) is 5.82 Å². The second kappa shape index (κ2) is 8.64. The highest BCUT2D eigenvalue weighted by Crippen LogP contribution is 2.19. The van der Waals surface area contributed by atoms with Gasteiger partial charge in [-0.05, 0) is 35.9 Å². The van der Waals surface area contributed by atoms with Crippen LogP contribution in [0.15, 0.2) is 59.5 Å². The minimum absolute atomic E-state index is 0.184. The van der Waals surface area contributed by atoms with Crippen LogP contribution in [0.25, 0.3) is 6.08 Å². The molecule has 6 nitrogen and oxygen atoms in total. The number of amides is 1. The predicted molar refractivity (Wildman–Crippen MR) is 105 cm³/mol. The lowest BCUT2D eigenvalue weighted by atomic mass is 10.2. The Bertz CT molecular complexity index is 968. The summed E-state index contributed by atoms with van der Waals surface area (Å²) in [5, 5.41) is 0. The molecular weight excluding hydrogens is 383 g/mol. The van der Waals surface area contributed by atoms with E-state index in [9.17, 15) is 17.6 Å². The zero-order valence-electron chi connectivity index (χ0n) is 15.4. The first kappa shape index (κ1) is 20.2. The van der Waals surface area contributed by atoms with Gasteiger partial charge in [0.15, 0.2) is 0 Å². The van der Waals surface area contributed by atoms with E-state index in [4.69, 9.17) is 4.74 Å². The molecule has 0 bridgehead atoms. The Morgan fingerprint density at radius 3 is 2.39 bits per heavy atom. The Balaban J connectivity index is 1.70. The number of anilines is 1. The third-order valence-electron chi connectivity index (χ3n) is 4.45. The van der Waals surface area contributed by atoms with E-state index in [1.807, 2.05) is 0 Å². The molecule has 0 saturated carbocycles. The summed E-state index contributed by atoms with van der Waals surface area (Å²) in [7, 11) is -2.06. The van der Waals surface area contributed by atoms with Gasteiger partial charge in [0.05, 0.1) is 23.8 Å². The predicted octanol–water partition coefficient (Wildman–Crippen LogP) is 2.52. The number of halogens is 1. The van der Waals surface area contributed by atoms with Crippen LogP contribution in [0.2, 0.25) is 0 Å². The number of nitrogens with zero attached hydrogens (tertiary/aromatic N) is 2. The van der Waals surface area contributed by atoms with Crippen molar-refractivity contribution in [3.8, 4) is 0 Å². The monoisotopic (exact) mass is 404 g/mol. The van der Waals surface area contributed by atoms with E-state index in [0.717, 1.165) is 0 Å². The molecule has 1 aliphatic rings. The number of carbonyl (C=O) groups is 1. The minimum atomic E-state index is -3.55. The zero-order valence-corrected chi connectivity index (χ0v) is 16.2. The Hall–Kier alpha value is -2.55. The van der Waals surface area contributed by atoms with E-state index < -0.39 is 21.7 Å². The molecule has 1 saturated heterocycles. The second-order valence-electron chi connectivity index (χ2n) is 6.27. The molecule has 0 aromatic heterocycles. The summed E-state index contributed by atoms with van der Waals surface area (Å²) in [5.41, 5.74) is 0.848. The van der Waals surface area contributed by atoms with Gasteiger partial charge in [0.2, 0.25) is 10.0 Å². The number of carbonyl (C=O) groups excluding carboxylic acids is 1. The highest BCUT2D eigenvalue weighted by molar-refractivity contribution is 7.89. The Kier molecular flexibility index (Phi) is 6.23. The summed E-state index contributed by atoms with van der Waals surface area (Å²) in [6.07, 6.45) is 2.88. The number of morpholine rings is 1. The van der Waals surface area contributed by atoms with E-state index >= 15 is 0 Å². The summed E-state index contributed by atoms with van der Waals surface area (Å²) in [5.74, 6) is -0.875. The van der Waals surface area contributed by atoms with Gasteiger partial charge in [0.1, 0.15) is 5.82 Å². The zero-order chi connectivity index (χ0) is 20.1. The number of sulfonamides is 1. The van der Waals surface area contributed by atoms with E-state index in [1.54, 1.807) is 30.3 Å². The highest BCUT2D eigenvalue weighted by Gasteiger charge is 2.25. The molecule has 1 fully saturated rings. The maximum absolute atomic E-state index is 13.8. The molecule has 1 amide bonds. The lowest BCUT2D eigenvalue weighted by Crippen LogP contribution is -2.40. The molecule has 8 heteroatoms. The fourth-order valence-corrected chi connectivity index (χ4v) is 4.22. The molecule has 0 atom stereocenters. The van der Waals surface area contributed by atoms with Crippen molar-refractivity contribution in [2.24, 2.45) is 0 Å². The third kappa shape index (κ3) is 4.46. The fraction of sp³-hybridized carbons (Fsp3) is 0.250. The number of ether oxygens (including phenoxy) is 1. The molecule has 0 N–H and O–H groups in total.